The highest BCUT2D eigenvalue weighted by atomic mass is 32.1. The Kier molecular flexibility index (Phi) is 5.50. The van der Waals surface area contributed by atoms with Crippen molar-refractivity contribution in [3.05, 3.63) is 21.9 Å². The van der Waals surface area contributed by atoms with Crippen molar-refractivity contribution < 1.29 is 4.48 Å². The molecule has 0 bridgehead atoms. The first kappa shape index (κ1) is 13.7. The topological polar surface area (TPSA) is 0 Å². The van der Waals surface area contributed by atoms with Gasteiger partial charge in [0.05, 0.1) is 26.2 Å². The van der Waals surface area contributed by atoms with E-state index in [2.05, 4.69) is 38.5 Å². The minimum atomic E-state index is 1.26. The fourth-order valence-corrected chi connectivity index (χ4v) is 3.28. The first-order chi connectivity index (χ1) is 7.67. The fraction of sp³-hybridized carbons (Fsp3) is 0.714. The highest BCUT2D eigenvalue weighted by Crippen LogP contribution is 2.17. The largest absolute Gasteiger partial charge is 0.324 e. The molecular formula is C14H26NS+. The van der Waals surface area contributed by atoms with Crippen molar-refractivity contribution in [3.63, 3.8) is 0 Å². The van der Waals surface area contributed by atoms with Crippen LogP contribution >= 0.6 is 11.3 Å². The van der Waals surface area contributed by atoms with Gasteiger partial charge in [0, 0.05) is 6.42 Å². The molecule has 0 aliphatic heterocycles. The fourth-order valence-electron chi connectivity index (χ4n) is 2.39. The molecule has 0 aromatic carbocycles. The molecule has 1 aromatic rings. The van der Waals surface area contributed by atoms with E-state index in [0.717, 1.165) is 0 Å². The van der Waals surface area contributed by atoms with Crippen LogP contribution in [0.2, 0.25) is 0 Å². The summed E-state index contributed by atoms with van der Waals surface area (Å²) in [5, 5.41) is 4.57. The zero-order valence-corrected chi connectivity index (χ0v) is 12.1. The van der Waals surface area contributed by atoms with E-state index in [1.54, 1.807) is 5.56 Å². The Labute approximate surface area is 105 Å². The summed E-state index contributed by atoms with van der Waals surface area (Å²) >= 11 is 1.84. The highest BCUT2D eigenvalue weighted by Gasteiger charge is 2.19. The summed E-state index contributed by atoms with van der Waals surface area (Å²) in [6, 6.07) is 0. The van der Waals surface area contributed by atoms with Crippen molar-refractivity contribution in [2.75, 3.05) is 26.2 Å². The second kappa shape index (κ2) is 6.41. The van der Waals surface area contributed by atoms with E-state index in [-0.39, 0.29) is 0 Å². The van der Waals surface area contributed by atoms with Gasteiger partial charge in [0.2, 0.25) is 0 Å². The van der Waals surface area contributed by atoms with Crippen molar-refractivity contribution in [1.29, 1.82) is 0 Å². The second-order valence-corrected chi connectivity index (χ2v) is 5.44. The van der Waals surface area contributed by atoms with Gasteiger partial charge >= 0.3 is 0 Å². The van der Waals surface area contributed by atoms with Crippen molar-refractivity contribution in [3.8, 4) is 0 Å². The zero-order chi connectivity index (χ0) is 12.0. The predicted octanol–water partition coefficient (Wildman–Crippen LogP) is 3.87. The Balaban J connectivity index is 2.42. The van der Waals surface area contributed by atoms with Gasteiger partial charge in [0.15, 0.2) is 0 Å². The van der Waals surface area contributed by atoms with E-state index in [1.807, 2.05) is 11.3 Å². The lowest BCUT2D eigenvalue weighted by molar-refractivity contribution is -0.923. The summed E-state index contributed by atoms with van der Waals surface area (Å²) in [5.74, 6) is 0. The molecule has 0 atom stereocenters. The van der Waals surface area contributed by atoms with Gasteiger partial charge in [-0.05, 0) is 56.0 Å². The van der Waals surface area contributed by atoms with Gasteiger partial charge in [-0.1, -0.05) is 0 Å². The van der Waals surface area contributed by atoms with Crippen LogP contribution in [-0.4, -0.2) is 30.7 Å². The molecule has 0 fully saturated rings. The van der Waals surface area contributed by atoms with Crippen molar-refractivity contribution in [1.82, 2.24) is 0 Å². The Morgan fingerprint density at radius 2 is 1.69 bits per heavy atom. The number of nitrogens with zero attached hydrogens (tertiary/aromatic N) is 1. The van der Waals surface area contributed by atoms with Crippen LogP contribution in [-0.2, 0) is 6.42 Å². The molecule has 0 aliphatic carbocycles. The van der Waals surface area contributed by atoms with Gasteiger partial charge in [-0.25, -0.2) is 0 Å². The lowest BCUT2D eigenvalue weighted by atomic mass is 10.1. The summed E-state index contributed by atoms with van der Waals surface area (Å²) in [6.07, 6.45) is 2.59. The standard InChI is InChI=1S/C14H26NS/c1-5-15(6-2,7-3)10-8-9-14-12-16-11-13(14)4/h11-12H,5-10H2,1-4H3/q+1. The van der Waals surface area contributed by atoms with Gasteiger partial charge in [-0.2, -0.15) is 11.3 Å². The summed E-state index contributed by atoms with van der Waals surface area (Å²) in [7, 11) is 0. The van der Waals surface area contributed by atoms with Crippen LogP contribution in [0.4, 0.5) is 0 Å². The van der Waals surface area contributed by atoms with Gasteiger partial charge in [0.25, 0.3) is 0 Å². The maximum absolute atomic E-state index is 2.32. The minimum absolute atomic E-state index is 1.26. The molecule has 92 valence electrons. The number of aryl methyl sites for hydroxylation is 2. The number of rotatable bonds is 7. The maximum Gasteiger partial charge on any atom is 0.0789 e. The molecule has 0 N–H and O–H groups in total. The molecule has 0 unspecified atom stereocenters. The van der Waals surface area contributed by atoms with Gasteiger partial charge in [0.1, 0.15) is 0 Å². The zero-order valence-electron chi connectivity index (χ0n) is 11.3. The lowest BCUT2D eigenvalue weighted by Crippen LogP contribution is -2.48. The van der Waals surface area contributed by atoms with Crippen molar-refractivity contribution >= 4 is 11.3 Å². The SMILES string of the molecule is CC[N+](CC)(CC)CCCc1cscc1C. The summed E-state index contributed by atoms with van der Waals surface area (Å²) in [6.45, 7) is 14.3. The maximum atomic E-state index is 2.32. The summed E-state index contributed by atoms with van der Waals surface area (Å²) in [5.41, 5.74) is 3.04. The monoisotopic (exact) mass is 240 g/mol. The predicted molar refractivity (Wildman–Crippen MR) is 74.1 cm³/mol. The second-order valence-electron chi connectivity index (χ2n) is 4.70. The molecule has 1 nitrogen and oxygen atoms in total. The summed E-state index contributed by atoms with van der Waals surface area (Å²) in [4.78, 5) is 0. The van der Waals surface area contributed by atoms with E-state index >= 15 is 0 Å². The minimum Gasteiger partial charge on any atom is -0.324 e. The molecular weight excluding hydrogens is 214 g/mol. The van der Waals surface area contributed by atoms with Crippen LogP contribution in [0.15, 0.2) is 10.8 Å². The third-order valence-corrected chi connectivity index (χ3v) is 4.96. The first-order valence-corrected chi connectivity index (χ1v) is 7.48. The third-order valence-electron chi connectivity index (χ3n) is 4.05. The first-order valence-electron chi connectivity index (χ1n) is 6.54. The quantitative estimate of drug-likeness (QED) is 0.635. The molecule has 0 aliphatic rings. The number of hydrogen-bond donors (Lipinski definition) is 0. The molecule has 16 heavy (non-hydrogen) atoms. The van der Waals surface area contributed by atoms with Crippen molar-refractivity contribution in [2.24, 2.45) is 0 Å². The highest BCUT2D eigenvalue weighted by molar-refractivity contribution is 7.08. The van der Waals surface area contributed by atoms with E-state index in [1.165, 1.54) is 49.1 Å². The third kappa shape index (κ3) is 3.33. The van der Waals surface area contributed by atoms with Crippen LogP contribution in [0.3, 0.4) is 0 Å². The smallest absolute Gasteiger partial charge is 0.0789 e. The molecule has 0 spiro atoms. The molecule has 2 heteroatoms. The van der Waals surface area contributed by atoms with Crippen LogP contribution in [0, 0.1) is 6.92 Å². The molecule has 0 saturated heterocycles. The van der Waals surface area contributed by atoms with E-state index in [4.69, 9.17) is 0 Å². The van der Waals surface area contributed by atoms with Crippen LogP contribution in [0.1, 0.15) is 38.3 Å². The molecule has 1 aromatic heterocycles. The number of thiophene rings is 1. The Morgan fingerprint density at radius 1 is 1.06 bits per heavy atom. The van der Waals surface area contributed by atoms with Crippen LogP contribution < -0.4 is 0 Å². The van der Waals surface area contributed by atoms with E-state index in [0.29, 0.717) is 0 Å². The van der Waals surface area contributed by atoms with Crippen LogP contribution in [0.25, 0.3) is 0 Å². The average Bonchev–Trinajstić information content (AvgIpc) is 2.71. The molecule has 1 rings (SSSR count). The van der Waals surface area contributed by atoms with Gasteiger partial charge < -0.3 is 4.48 Å². The molecule has 0 saturated carbocycles. The van der Waals surface area contributed by atoms with Crippen molar-refractivity contribution in [2.45, 2.75) is 40.5 Å². The van der Waals surface area contributed by atoms with E-state index < -0.39 is 0 Å². The lowest BCUT2D eigenvalue weighted by Gasteiger charge is -2.35. The number of hydrogen-bond acceptors (Lipinski definition) is 1. The average molecular weight is 240 g/mol. The van der Waals surface area contributed by atoms with Gasteiger partial charge in [-0.15, -0.1) is 0 Å². The summed E-state index contributed by atoms with van der Waals surface area (Å²) < 4.78 is 1.28. The Hall–Kier alpha value is -0.340. The molecule has 1 heterocycles. The molecule has 0 radical (unpaired) electrons. The molecule has 0 amide bonds. The Bertz CT molecular complexity index is 291. The van der Waals surface area contributed by atoms with E-state index in [9.17, 15) is 0 Å². The normalized spacial score (nSPS) is 12.0. The number of quaternary nitrogens is 1. The Morgan fingerprint density at radius 3 is 2.12 bits per heavy atom. The van der Waals surface area contributed by atoms with Crippen LogP contribution in [0.5, 0.6) is 0 Å². The van der Waals surface area contributed by atoms with Gasteiger partial charge in [-0.3, -0.25) is 0 Å².